The van der Waals surface area contributed by atoms with Gasteiger partial charge in [0.2, 0.25) is 0 Å². The fourth-order valence-electron chi connectivity index (χ4n) is 3.68. The first-order valence-corrected chi connectivity index (χ1v) is 10.2. The first kappa shape index (κ1) is 19.6. The minimum atomic E-state index is 0.0382. The molecule has 1 aliphatic carbocycles. The van der Waals surface area contributed by atoms with Crippen LogP contribution in [0.3, 0.4) is 0 Å². The van der Waals surface area contributed by atoms with E-state index in [2.05, 4.69) is 42.7 Å². The molecule has 0 heterocycles. The van der Waals surface area contributed by atoms with Gasteiger partial charge in [0.1, 0.15) is 0 Å². The van der Waals surface area contributed by atoms with Crippen molar-refractivity contribution in [2.45, 2.75) is 52.5 Å². The number of hydrogen-bond donors (Lipinski definition) is 2. The van der Waals surface area contributed by atoms with Crippen molar-refractivity contribution in [3.8, 4) is 0 Å². The number of carbonyl (C=O) groups is 1. The smallest absolute Gasteiger partial charge is 0.251 e. The van der Waals surface area contributed by atoms with Crippen molar-refractivity contribution in [3.05, 3.63) is 70.3 Å². The maximum absolute atomic E-state index is 12.5. The number of hydrogen-bond acceptors (Lipinski definition) is 2. The van der Waals surface area contributed by atoms with Crippen LogP contribution >= 0.6 is 0 Å². The molecule has 1 aliphatic rings. The number of rotatable bonds is 7. The molecule has 3 rings (SSSR count). The van der Waals surface area contributed by atoms with Crippen LogP contribution in [0.4, 0.5) is 0 Å². The lowest BCUT2D eigenvalue weighted by molar-refractivity contribution is 0.0933. The lowest BCUT2D eigenvalue weighted by atomic mass is 9.86. The molecule has 3 nitrogen and oxygen atoms in total. The van der Waals surface area contributed by atoms with Gasteiger partial charge in [-0.15, -0.1) is 0 Å². The highest BCUT2D eigenvalue weighted by molar-refractivity contribution is 5.94. The van der Waals surface area contributed by atoms with Crippen LogP contribution in [0.25, 0.3) is 0 Å². The van der Waals surface area contributed by atoms with Crippen molar-refractivity contribution < 1.29 is 4.79 Å². The van der Waals surface area contributed by atoms with Gasteiger partial charge in [0, 0.05) is 11.6 Å². The van der Waals surface area contributed by atoms with E-state index in [0.717, 1.165) is 44.3 Å². The summed E-state index contributed by atoms with van der Waals surface area (Å²) < 4.78 is 0. The standard InChI is InChI=1S/C24H32N2O/c1-17(2)16-25-13-12-19-6-9-22-15-23(11-10-21(22)14-19)26-24(27)20-7-4-18(3)5-8-20/h4-9,14,17,23,25H,10-13,15-16H2,1-3H3,(H,26,27). The summed E-state index contributed by atoms with van der Waals surface area (Å²) in [5.74, 6) is 0.733. The molecule has 2 aromatic carbocycles. The third-order valence-corrected chi connectivity index (χ3v) is 5.29. The van der Waals surface area contributed by atoms with Gasteiger partial charge in [-0.2, -0.15) is 0 Å². The van der Waals surface area contributed by atoms with Crippen LogP contribution in [0.5, 0.6) is 0 Å². The maximum atomic E-state index is 12.5. The van der Waals surface area contributed by atoms with Gasteiger partial charge in [-0.05, 0) is 80.4 Å². The molecule has 0 spiro atoms. The molecule has 0 saturated heterocycles. The monoisotopic (exact) mass is 364 g/mol. The molecule has 0 saturated carbocycles. The van der Waals surface area contributed by atoms with Crippen molar-refractivity contribution >= 4 is 5.91 Å². The molecular weight excluding hydrogens is 332 g/mol. The van der Waals surface area contributed by atoms with Crippen molar-refractivity contribution in [1.29, 1.82) is 0 Å². The van der Waals surface area contributed by atoms with E-state index in [1.807, 2.05) is 31.2 Å². The Kier molecular flexibility index (Phi) is 6.68. The average molecular weight is 365 g/mol. The van der Waals surface area contributed by atoms with Crippen LogP contribution in [0.2, 0.25) is 0 Å². The molecule has 0 fully saturated rings. The molecule has 2 aromatic rings. The first-order valence-electron chi connectivity index (χ1n) is 10.2. The van der Waals surface area contributed by atoms with Crippen molar-refractivity contribution in [1.82, 2.24) is 10.6 Å². The van der Waals surface area contributed by atoms with Crippen LogP contribution < -0.4 is 10.6 Å². The van der Waals surface area contributed by atoms with E-state index in [0.29, 0.717) is 5.92 Å². The molecular formula is C24H32N2O. The Morgan fingerprint density at radius 3 is 2.63 bits per heavy atom. The van der Waals surface area contributed by atoms with Crippen LogP contribution in [0, 0.1) is 12.8 Å². The zero-order valence-electron chi connectivity index (χ0n) is 16.8. The highest BCUT2D eigenvalue weighted by Gasteiger charge is 2.21. The minimum absolute atomic E-state index is 0.0382. The quantitative estimate of drug-likeness (QED) is 0.727. The van der Waals surface area contributed by atoms with Gasteiger partial charge in [0.05, 0.1) is 0 Å². The van der Waals surface area contributed by atoms with E-state index in [9.17, 15) is 4.79 Å². The van der Waals surface area contributed by atoms with Gasteiger partial charge in [-0.3, -0.25) is 4.79 Å². The summed E-state index contributed by atoms with van der Waals surface area (Å²) in [6.45, 7) is 8.62. The molecule has 0 aliphatic heterocycles. The van der Waals surface area contributed by atoms with Gasteiger partial charge < -0.3 is 10.6 Å². The van der Waals surface area contributed by atoms with E-state index in [-0.39, 0.29) is 11.9 Å². The number of benzene rings is 2. The molecule has 0 aromatic heterocycles. The van der Waals surface area contributed by atoms with E-state index in [4.69, 9.17) is 0 Å². The third kappa shape index (κ3) is 5.67. The Balaban J connectivity index is 1.53. The second-order valence-corrected chi connectivity index (χ2v) is 8.23. The van der Waals surface area contributed by atoms with Gasteiger partial charge in [-0.25, -0.2) is 0 Å². The SMILES string of the molecule is Cc1ccc(C(=O)NC2CCc3cc(CCNCC(C)C)ccc3C2)cc1. The van der Waals surface area contributed by atoms with E-state index in [1.54, 1.807) is 0 Å². The molecule has 0 bridgehead atoms. The Bertz CT molecular complexity index is 764. The molecule has 0 radical (unpaired) electrons. The summed E-state index contributed by atoms with van der Waals surface area (Å²) in [5.41, 5.74) is 6.17. The zero-order chi connectivity index (χ0) is 19.2. The maximum Gasteiger partial charge on any atom is 0.251 e. The van der Waals surface area contributed by atoms with Crippen LogP contribution in [0.15, 0.2) is 42.5 Å². The number of fused-ring (bicyclic) bond motifs is 1. The van der Waals surface area contributed by atoms with Gasteiger partial charge >= 0.3 is 0 Å². The fraction of sp³-hybridized carbons (Fsp3) is 0.458. The molecule has 1 unspecified atom stereocenters. The van der Waals surface area contributed by atoms with E-state index >= 15 is 0 Å². The normalized spacial score (nSPS) is 16.2. The van der Waals surface area contributed by atoms with Gasteiger partial charge in [-0.1, -0.05) is 49.7 Å². The second kappa shape index (κ2) is 9.18. The minimum Gasteiger partial charge on any atom is -0.349 e. The lowest BCUT2D eigenvalue weighted by Crippen LogP contribution is -2.38. The van der Waals surface area contributed by atoms with Crippen molar-refractivity contribution in [3.63, 3.8) is 0 Å². The molecule has 144 valence electrons. The summed E-state index contributed by atoms with van der Waals surface area (Å²) in [5, 5.41) is 6.73. The number of nitrogens with one attached hydrogen (secondary N) is 2. The Morgan fingerprint density at radius 1 is 1.11 bits per heavy atom. The van der Waals surface area contributed by atoms with Gasteiger partial charge in [0.15, 0.2) is 0 Å². The average Bonchev–Trinajstić information content (AvgIpc) is 2.65. The summed E-state index contributed by atoms with van der Waals surface area (Å²) in [4.78, 5) is 12.5. The zero-order valence-corrected chi connectivity index (χ0v) is 16.8. The number of carbonyl (C=O) groups excluding carboxylic acids is 1. The molecule has 2 N–H and O–H groups in total. The number of amides is 1. The van der Waals surface area contributed by atoms with Crippen molar-refractivity contribution in [2.75, 3.05) is 13.1 Å². The van der Waals surface area contributed by atoms with Crippen molar-refractivity contribution in [2.24, 2.45) is 5.92 Å². The molecule has 1 amide bonds. The second-order valence-electron chi connectivity index (χ2n) is 8.23. The Labute approximate surface area is 163 Å². The Morgan fingerprint density at radius 2 is 1.89 bits per heavy atom. The largest absolute Gasteiger partial charge is 0.349 e. The van der Waals surface area contributed by atoms with Gasteiger partial charge in [0.25, 0.3) is 5.91 Å². The first-order chi connectivity index (χ1) is 13.0. The van der Waals surface area contributed by atoms with Crippen LogP contribution in [-0.4, -0.2) is 25.0 Å². The predicted octanol–water partition coefficient (Wildman–Crippen LogP) is 4.07. The highest BCUT2D eigenvalue weighted by Crippen LogP contribution is 2.23. The highest BCUT2D eigenvalue weighted by atomic mass is 16.1. The molecule has 1 atom stereocenters. The topological polar surface area (TPSA) is 41.1 Å². The predicted molar refractivity (Wildman–Crippen MR) is 112 cm³/mol. The third-order valence-electron chi connectivity index (χ3n) is 5.29. The summed E-state index contributed by atoms with van der Waals surface area (Å²) >= 11 is 0. The molecule has 27 heavy (non-hydrogen) atoms. The van der Waals surface area contributed by atoms with Crippen LogP contribution in [-0.2, 0) is 19.3 Å². The summed E-state index contributed by atoms with van der Waals surface area (Å²) in [6.07, 6.45) is 4.06. The fourth-order valence-corrected chi connectivity index (χ4v) is 3.68. The number of aryl methyl sites for hydroxylation is 2. The van der Waals surface area contributed by atoms with E-state index in [1.165, 1.54) is 22.3 Å². The lowest BCUT2D eigenvalue weighted by Gasteiger charge is -2.26. The Hall–Kier alpha value is -2.13. The van der Waals surface area contributed by atoms with Crippen LogP contribution in [0.1, 0.15) is 52.9 Å². The summed E-state index contributed by atoms with van der Waals surface area (Å²) in [7, 11) is 0. The summed E-state index contributed by atoms with van der Waals surface area (Å²) in [6, 6.07) is 14.9. The molecule has 3 heteroatoms. The van der Waals surface area contributed by atoms with E-state index < -0.39 is 0 Å².